The summed E-state index contributed by atoms with van der Waals surface area (Å²) in [5.74, 6) is 0.446. The van der Waals surface area contributed by atoms with Crippen LogP contribution in [0.15, 0.2) is 0 Å². The highest BCUT2D eigenvalue weighted by atomic mass is 16.5. The minimum absolute atomic E-state index is 0.0204. The van der Waals surface area contributed by atoms with Crippen LogP contribution in [0.2, 0.25) is 0 Å². The largest absolute Gasteiger partial charge is 0.465 e. The third-order valence-electron chi connectivity index (χ3n) is 10.0. The maximum absolute atomic E-state index is 12.7. The normalized spacial score (nSPS) is 12.2. The van der Waals surface area contributed by atoms with Crippen LogP contribution in [0.5, 0.6) is 0 Å². The molecule has 0 saturated carbocycles. The van der Waals surface area contributed by atoms with Gasteiger partial charge in [0.25, 0.3) is 0 Å². The lowest BCUT2D eigenvalue weighted by Gasteiger charge is -2.21. The Morgan fingerprint density at radius 3 is 1.43 bits per heavy atom. The van der Waals surface area contributed by atoms with Gasteiger partial charge < -0.3 is 20.1 Å². The molecule has 49 heavy (non-hydrogen) atoms. The van der Waals surface area contributed by atoms with Crippen molar-refractivity contribution < 1.29 is 19.1 Å². The van der Waals surface area contributed by atoms with Gasteiger partial charge in [0.2, 0.25) is 0 Å². The van der Waals surface area contributed by atoms with E-state index in [1.165, 1.54) is 128 Å². The van der Waals surface area contributed by atoms with Crippen molar-refractivity contribution in [2.75, 3.05) is 32.8 Å². The standard InChI is InChI=1S/C43H86N2O4/c1-5-8-11-14-18-24-31-41(32-25-19-15-12-9-6-2)49-43(47)34-26-20-16-21-28-36-45(38-35-44)37-29-22-27-33-42(46)48-39-40(4)30-23-17-13-10-7-3/h40-41H,5-39,44H2,1-4H3. The number of nitrogens with zero attached hydrogens (tertiary/aromatic N) is 1. The van der Waals surface area contributed by atoms with Gasteiger partial charge in [-0.2, -0.15) is 0 Å². The first-order valence-corrected chi connectivity index (χ1v) is 21.7. The van der Waals surface area contributed by atoms with Crippen LogP contribution >= 0.6 is 0 Å². The van der Waals surface area contributed by atoms with Crippen molar-refractivity contribution in [1.29, 1.82) is 0 Å². The molecule has 0 aliphatic carbocycles. The zero-order chi connectivity index (χ0) is 36.0. The molecular weight excluding hydrogens is 608 g/mol. The van der Waals surface area contributed by atoms with Crippen molar-refractivity contribution in [1.82, 2.24) is 4.90 Å². The van der Waals surface area contributed by atoms with E-state index in [-0.39, 0.29) is 18.0 Å². The molecule has 292 valence electrons. The molecule has 0 spiro atoms. The van der Waals surface area contributed by atoms with Gasteiger partial charge in [0.15, 0.2) is 0 Å². The number of carbonyl (C=O) groups excluding carboxylic acids is 2. The summed E-state index contributed by atoms with van der Waals surface area (Å²) in [6.45, 7) is 13.3. The zero-order valence-corrected chi connectivity index (χ0v) is 33.6. The predicted octanol–water partition coefficient (Wildman–Crippen LogP) is 12.1. The van der Waals surface area contributed by atoms with Crippen LogP contribution in [-0.2, 0) is 19.1 Å². The molecule has 0 rings (SSSR count). The maximum atomic E-state index is 12.7. The van der Waals surface area contributed by atoms with Crippen molar-refractivity contribution in [3.05, 3.63) is 0 Å². The molecule has 0 radical (unpaired) electrons. The van der Waals surface area contributed by atoms with Crippen LogP contribution in [-0.4, -0.2) is 55.7 Å². The van der Waals surface area contributed by atoms with Crippen molar-refractivity contribution >= 4 is 11.9 Å². The minimum atomic E-state index is -0.0361. The Balaban J connectivity index is 4.04. The number of hydrogen-bond acceptors (Lipinski definition) is 6. The summed E-state index contributed by atoms with van der Waals surface area (Å²) in [5, 5.41) is 0. The first kappa shape index (κ1) is 47.9. The molecule has 0 fully saturated rings. The van der Waals surface area contributed by atoms with E-state index in [0.29, 0.717) is 31.9 Å². The Morgan fingerprint density at radius 1 is 0.510 bits per heavy atom. The number of unbranched alkanes of at least 4 members (excludes halogenated alkanes) is 20. The summed E-state index contributed by atoms with van der Waals surface area (Å²) in [6, 6.07) is 0. The van der Waals surface area contributed by atoms with Crippen LogP contribution in [0, 0.1) is 5.92 Å². The lowest BCUT2D eigenvalue weighted by Crippen LogP contribution is -2.31. The van der Waals surface area contributed by atoms with Crippen LogP contribution < -0.4 is 5.73 Å². The number of nitrogens with two attached hydrogens (primary N) is 1. The molecule has 0 amide bonds. The Morgan fingerprint density at radius 2 is 0.918 bits per heavy atom. The zero-order valence-electron chi connectivity index (χ0n) is 33.6. The van der Waals surface area contributed by atoms with Gasteiger partial charge in [-0.3, -0.25) is 9.59 Å². The number of ether oxygens (including phenoxy) is 2. The second-order valence-corrected chi connectivity index (χ2v) is 15.2. The molecule has 0 aliphatic heterocycles. The van der Waals surface area contributed by atoms with Gasteiger partial charge in [0, 0.05) is 25.9 Å². The van der Waals surface area contributed by atoms with Crippen molar-refractivity contribution in [3.8, 4) is 0 Å². The third kappa shape index (κ3) is 35.1. The summed E-state index contributed by atoms with van der Waals surface area (Å²) >= 11 is 0. The Labute approximate surface area is 306 Å². The van der Waals surface area contributed by atoms with E-state index in [2.05, 4.69) is 32.6 Å². The molecule has 0 aromatic heterocycles. The molecule has 0 aromatic rings. The van der Waals surface area contributed by atoms with Gasteiger partial charge in [-0.1, -0.05) is 150 Å². The van der Waals surface area contributed by atoms with E-state index in [9.17, 15) is 9.59 Å². The topological polar surface area (TPSA) is 81.9 Å². The maximum Gasteiger partial charge on any atom is 0.306 e. The number of carbonyl (C=O) groups is 2. The number of hydrogen-bond donors (Lipinski definition) is 1. The number of esters is 2. The van der Waals surface area contributed by atoms with Crippen molar-refractivity contribution in [3.63, 3.8) is 0 Å². The molecule has 0 saturated heterocycles. The van der Waals surface area contributed by atoms with Crippen LogP contribution in [0.4, 0.5) is 0 Å². The molecule has 1 unspecified atom stereocenters. The lowest BCUT2D eigenvalue weighted by molar-refractivity contribution is -0.150. The monoisotopic (exact) mass is 695 g/mol. The summed E-state index contributed by atoms with van der Waals surface area (Å²) in [7, 11) is 0. The average molecular weight is 695 g/mol. The van der Waals surface area contributed by atoms with Gasteiger partial charge >= 0.3 is 11.9 Å². The fourth-order valence-corrected chi connectivity index (χ4v) is 6.73. The molecule has 0 bridgehead atoms. The molecule has 2 N–H and O–H groups in total. The van der Waals surface area contributed by atoms with E-state index in [1.54, 1.807) is 0 Å². The fourth-order valence-electron chi connectivity index (χ4n) is 6.73. The summed E-state index contributed by atoms with van der Waals surface area (Å²) in [4.78, 5) is 27.3. The van der Waals surface area contributed by atoms with Crippen LogP contribution in [0.3, 0.4) is 0 Å². The quantitative estimate of drug-likeness (QED) is 0.0509. The van der Waals surface area contributed by atoms with E-state index >= 15 is 0 Å². The van der Waals surface area contributed by atoms with Crippen LogP contribution in [0.1, 0.15) is 220 Å². The van der Waals surface area contributed by atoms with Crippen molar-refractivity contribution in [2.45, 2.75) is 226 Å². The molecule has 6 heteroatoms. The number of rotatable bonds is 39. The van der Waals surface area contributed by atoms with E-state index in [0.717, 1.165) is 71.0 Å². The second-order valence-electron chi connectivity index (χ2n) is 15.2. The highest BCUT2D eigenvalue weighted by molar-refractivity contribution is 5.69. The minimum Gasteiger partial charge on any atom is -0.465 e. The summed E-state index contributed by atoms with van der Waals surface area (Å²) in [6.07, 6.45) is 35.0. The highest BCUT2D eigenvalue weighted by Crippen LogP contribution is 2.18. The summed E-state index contributed by atoms with van der Waals surface area (Å²) < 4.78 is 11.6. The molecule has 0 aliphatic rings. The Bertz CT molecular complexity index is 687. The van der Waals surface area contributed by atoms with E-state index in [4.69, 9.17) is 15.2 Å². The Kier molecular flexibility index (Phi) is 37.2. The third-order valence-corrected chi connectivity index (χ3v) is 10.0. The lowest BCUT2D eigenvalue weighted by atomic mass is 10.0. The smallest absolute Gasteiger partial charge is 0.306 e. The molecule has 6 nitrogen and oxygen atoms in total. The molecule has 0 aromatic carbocycles. The first-order valence-electron chi connectivity index (χ1n) is 21.7. The fraction of sp³-hybridized carbons (Fsp3) is 0.953. The van der Waals surface area contributed by atoms with Crippen molar-refractivity contribution in [2.24, 2.45) is 11.7 Å². The summed E-state index contributed by atoms with van der Waals surface area (Å²) in [5.41, 5.74) is 5.90. The predicted molar refractivity (Wildman–Crippen MR) is 211 cm³/mol. The molecular formula is C43H86N2O4. The van der Waals surface area contributed by atoms with E-state index in [1.807, 2.05) is 0 Å². The average Bonchev–Trinajstić information content (AvgIpc) is 3.09. The SMILES string of the molecule is CCCCCCCCC(CCCCCCCC)OC(=O)CCCCCCCN(CCN)CCCCCC(=O)OCC(C)CCCCCCC. The second kappa shape index (κ2) is 38.1. The molecule has 0 heterocycles. The van der Waals surface area contributed by atoms with Gasteiger partial charge in [-0.05, 0) is 76.8 Å². The first-order chi connectivity index (χ1) is 24.0. The van der Waals surface area contributed by atoms with Crippen LogP contribution in [0.25, 0.3) is 0 Å². The van der Waals surface area contributed by atoms with E-state index < -0.39 is 0 Å². The van der Waals surface area contributed by atoms with Gasteiger partial charge in [-0.15, -0.1) is 0 Å². The van der Waals surface area contributed by atoms with Gasteiger partial charge in [0.1, 0.15) is 6.10 Å². The van der Waals surface area contributed by atoms with Gasteiger partial charge in [0.05, 0.1) is 6.61 Å². The molecule has 1 atom stereocenters. The highest BCUT2D eigenvalue weighted by Gasteiger charge is 2.14. The Hall–Kier alpha value is -1.14. The van der Waals surface area contributed by atoms with Gasteiger partial charge in [-0.25, -0.2) is 0 Å².